The molecule has 0 spiro atoms. The summed E-state index contributed by atoms with van der Waals surface area (Å²) < 4.78 is 5.96. The minimum absolute atomic E-state index is 0.127. The molecule has 1 fully saturated rings. The first-order valence-corrected chi connectivity index (χ1v) is 11.1. The summed E-state index contributed by atoms with van der Waals surface area (Å²) in [6.07, 6.45) is 0. The highest BCUT2D eigenvalue weighted by atomic mass is 16.5. The number of amides is 1. The first-order chi connectivity index (χ1) is 16.1. The SMILES string of the molecule is O=C(CO)N1CCN(CCOc2ccc3[nH]c(-c4cc5ccccc5[nH]c4=O)cc3c2)CC1. The summed E-state index contributed by atoms with van der Waals surface area (Å²) in [4.78, 5) is 34.4. The van der Waals surface area contributed by atoms with Gasteiger partial charge in [-0.25, -0.2) is 0 Å². The summed E-state index contributed by atoms with van der Waals surface area (Å²) in [6, 6.07) is 17.5. The van der Waals surface area contributed by atoms with E-state index in [2.05, 4.69) is 14.9 Å². The Morgan fingerprint density at radius 1 is 0.939 bits per heavy atom. The number of pyridine rings is 1. The fourth-order valence-electron chi connectivity index (χ4n) is 4.31. The fraction of sp³-hybridized carbons (Fsp3) is 0.280. The third-order valence-electron chi connectivity index (χ3n) is 6.17. The van der Waals surface area contributed by atoms with Crippen LogP contribution in [0.3, 0.4) is 0 Å². The van der Waals surface area contributed by atoms with Crippen molar-refractivity contribution >= 4 is 27.7 Å². The number of aliphatic hydroxyl groups is 1. The van der Waals surface area contributed by atoms with Crippen LogP contribution in [0.2, 0.25) is 0 Å². The number of aromatic amines is 2. The Bertz CT molecular complexity index is 1350. The van der Waals surface area contributed by atoms with E-state index in [1.54, 1.807) is 4.90 Å². The van der Waals surface area contributed by atoms with Crippen LogP contribution in [0.25, 0.3) is 33.1 Å². The van der Waals surface area contributed by atoms with Crippen LogP contribution in [0.5, 0.6) is 5.75 Å². The maximum atomic E-state index is 12.6. The summed E-state index contributed by atoms with van der Waals surface area (Å²) in [5.74, 6) is 0.560. The van der Waals surface area contributed by atoms with Crippen molar-refractivity contribution in [2.75, 3.05) is 45.9 Å². The molecule has 1 aliphatic heterocycles. The number of piperazine rings is 1. The largest absolute Gasteiger partial charge is 0.492 e. The van der Waals surface area contributed by atoms with E-state index in [4.69, 9.17) is 9.84 Å². The van der Waals surface area contributed by atoms with Crippen LogP contribution in [0.1, 0.15) is 0 Å². The normalized spacial score (nSPS) is 14.8. The van der Waals surface area contributed by atoms with Crippen LogP contribution in [-0.2, 0) is 4.79 Å². The summed E-state index contributed by atoms with van der Waals surface area (Å²) in [5.41, 5.74) is 3.00. The van der Waals surface area contributed by atoms with Gasteiger partial charge in [0.25, 0.3) is 5.56 Å². The summed E-state index contributed by atoms with van der Waals surface area (Å²) in [5, 5.41) is 10.9. The highest BCUT2D eigenvalue weighted by molar-refractivity contribution is 5.89. The lowest BCUT2D eigenvalue weighted by Crippen LogP contribution is -2.50. The molecule has 8 heteroatoms. The van der Waals surface area contributed by atoms with Crippen LogP contribution in [0.4, 0.5) is 0 Å². The van der Waals surface area contributed by atoms with Crippen molar-refractivity contribution in [3.63, 3.8) is 0 Å². The van der Waals surface area contributed by atoms with Crippen LogP contribution in [0, 0.1) is 0 Å². The molecule has 33 heavy (non-hydrogen) atoms. The molecule has 1 aliphatic rings. The first-order valence-electron chi connectivity index (χ1n) is 11.1. The maximum absolute atomic E-state index is 12.6. The van der Waals surface area contributed by atoms with Crippen LogP contribution in [0.15, 0.2) is 59.4 Å². The molecule has 2 aromatic heterocycles. The second kappa shape index (κ2) is 9.09. The Morgan fingerprint density at radius 3 is 2.55 bits per heavy atom. The molecule has 3 heterocycles. The lowest BCUT2D eigenvalue weighted by atomic mass is 10.1. The van der Waals surface area contributed by atoms with Gasteiger partial charge in [-0.2, -0.15) is 0 Å². The van der Waals surface area contributed by atoms with E-state index in [9.17, 15) is 9.59 Å². The number of hydrogen-bond acceptors (Lipinski definition) is 5. The lowest BCUT2D eigenvalue weighted by molar-refractivity contribution is -0.135. The monoisotopic (exact) mass is 446 g/mol. The summed E-state index contributed by atoms with van der Waals surface area (Å²) >= 11 is 0. The Balaban J connectivity index is 1.24. The number of benzene rings is 2. The lowest BCUT2D eigenvalue weighted by Gasteiger charge is -2.34. The average molecular weight is 447 g/mol. The van der Waals surface area contributed by atoms with Crippen molar-refractivity contribution in [3.8, 4) is 17.0 Å². The Hall–Kier alpha value is -3.62. The van der Waals surface area contributed by atoms with Gasteiger partial charge in [0.15, 0.2) is 0 Å². The van der Waals surface area contributed by atoms with E-state index >= 15 is 0 Å². The molecule has 0 atom stereocenters. The molecule has 0 aliphatic carbocycles. The molecule has 5 rings (SSSR count). The molecule has 0 unspecified atom stereocenters. The number of fused-ring (bicyclic) bond motifs is 2. The molecular weight excluding hydrogens is 420 g/mol. The van der Waals surface area contributed by atoms with Crippen LogP contribution >= 0.6 is 0 Å². The molecule has 170 valence electrons. The van der Waals surface area contributed by atoms with Crippen molar-refractivity contribution < 1.29 is 14.6 Å². The van der Waals surface area contributed by atoms with Crippen LogP contribution in [-0.4, -0.2) is 76.7 Å². The minimum Gasteiger partial charge on any atom is -0.492 e. The van der Waals surface area contributed by atoms with Crippen molar-refractivity contribution in [2.45, 2.75) is 0 Å². The van der Waals surface area contributed by atoms with Gasteiger partial charge in [-0.1, -0.05) is 18.2 Å². The predicted octanol–water partition coefficient (Wildman–Crippen LogP) is 2.19. The number of ether oxygens (including phenoxy) is 1. The molecule has 0 radical (unpaired) electrons. The number of carbonyl (C=O) groups excluding carboxylic acids is 1. The number of aromatic nitrogens is 2. The van der Waals surface area contributed by atoms with Gasteiger partial charge < -0.3 is 24.7 Å². The van der Waals surface area contributed by atoms with Crippen molar-refractivity contribution in [2.24, 2.45) is 0 Å². The quantitative estimate of drug-likeness (QED) is 0.422. The van der Waals surface area contributed by atoms with E-state index in [-0.39, 0.29) is 11.5 Å². The molecule has 4 aromatic rings. The first kappa shape index (κ1) is 21.2. The van der Waals surface area contributed by atoms with Crippen molar-refractivity contribution in [1.82, 2.24) is 19.8 Å². The number of aliphatic hydroxyl groups excluding tert-OH is 1. The number of para-hydroxylation sites is 1. The fourth-order valence-corrected chi connectivity index (χ4v) is 4.31. The Kier molecular flexibility index (Phi) is 5.85. The Labute approximate surface area is 190 Å². The number of hydrogen-bond donors (Lipinski definition) is 3. The van der Waals surface area contributed by atoms with Gasteiger partial charge >= 0.3 is 0 Å². The second-order valence-electron chi connectivity index (χ2n) is 8.26. The van der Waals surface area contributed by atoms with Crippen molar-refractivity contribution in [3.05, 3.63) is 65.0 Å². The maximum Gasteiger partial charge on any atom is 0.257 e. The molecule has 0 saturated carbocycles. The number of H-pyrrole nitrogens is 2. The minimum atomic E-state index is -0.429. The van der Waals surface area contributed by atoms with Crippen LogP contribution < -0.4 is 10.3 Å². The highest BCUT2D eigenvalue weighted by Gasteiger charge is 2.20. The summed E-state index contributed by atoms with van der Waals surface area (Å²) in [7, 11) is 0. The van der Waals surface area contributed by atoms with Gasteiger partial charge in [0.05, 0.1) is 11.3 Å². The number of nitrogens with zero attached hydrogens (tertiary/aromatic N) is 2. The highest BCUT2D eigenvalue weighted by Crippen LogP contribution is 2.27. The van der Waals surface area contributed by atoms with E-state index in [0.29, 0.717) is 25.3 Å². The molecule has 1 saturated heterocycles. The molecule has 2 aromatic carbocycles. The topological polar surface area (TPSA) is 102 Å². The van der Waals surface area contributed by atoms with Gasteiger partial charge in [0.1, 0.15) is 19.0 Å². The zero-order chi connectivity index (χ0) is 22.8. The van der Waals surface area contributed by atoms with Gasteiger partial charge in [-0.15, -0.1) is 0 Å². The zero-order valence-corrected chi connectivity index (χ0v) is 18.2. The van der Waals surface area contributed by atoms with Gasteiger partial charge in [-0.3, -0.25) is 14.5 Å². The van der Waals surface area contributed by atoms with Gasteiger partial charge in [-0.05, 0) is 41.8 Å². The zero-order valence-electron chi connectivity index (χ0n) is 18.2. The van der Waals surface area contributed by atoms with E-state index in [1.807, 2.05) is 54.6 Å². The molecule has 3 N–H and O–H groups in total. The second-order valence-corrected chi connectivity index (χ2v) is 8.26. The van der Waals surface area contributed by atoms with Crippen molar-refractivity contribution in [1.29, 1.82) is 0 Å². The number of nitrogens with one attached hydrogen (secondary N) is 2. The van der Waals surface area contributed by atoms with E-state index < -0.39 is 6.61 Å². The number of rotatable bonds is 6. The standard InChI is InChI=1S/C25H26N4O4/c30-16-24(31)29-9-7-28(8-10-29)11-12-33-19-5-6-22-18(13-19)15-23(26-22)20-14-17-3-1-2-4-21(17)27-25(20)32/h1-6,13-15,26,30H,7-12,16H2,(H,27,32). The molecule has 0 bridgehead atoms. The smallest absolute Gasteiger partial charge is 0.257 e. The van der Waals surface area contributed by atoms with Gasteiger partial charge in [0.2, 0.25) is 5.91 Å². The van der Waals surface area contributed by atoms with E-state index in [0.717, 1.165) is 52.9 Å². The molecule has 1 amide bonds. The number of carbonyl (C=O) groups is 1. The average Bonchev–Trinajstić information content (AvgIpc) is 3.26. The third-order valence-corrected chi connectivity index (χ3v) is 6.17. The third kappa shape index (κ3) is 4.48. The molecular formula is C25H26N4O4. The summed E-state index contributed by atoms with van der Waals surface area (Å²) in [6.45, 7) is 3.69. The Morgan fingerprint density at radius 2 is 1.73 bits per heavy atom. The van der Waals surface area contributed by atoms with E-state index in [1.165, 1.54) is 0 Å². The predicted molar refractivity (Wildman–Crippen MR) is 127 cm³/mol. The van der Waals surface area contributed by atoms with Gasteiger partial charge in [0, 0.05) is 49.1 Å². The molecule has 8 nitrogen and oxygen atoms in total.